The summed E-state index contributed by atoms with van der Waals surface area (Å²) in [7, 11) is 1.59. The van der Waals surface area contributed by atoms with Crippen molar-refractivity contribution in [2.75, 3.05) is 13.7 Å². The van der Waals surface area contributed by atoms with Gasteiger partial charge in [-0.3, -0.25) is 20.4 Å². The molecule has 0 aliphatic carbocycles. The summed E-state index contributed by atoms with van der Waals surface area (Å²) in [5.74, 6) is 0.631. The van der Waals surface area contributed by atoms with Crippen LogP contribution in [-0.2, 0) is 4.79 Å². The number of ether oxygens (including phenoxy) is 2. The highest BCUT2D eigenvalue weighted by Crippen LogP contribution is 2.17. The third-order valence-electron chi connectivity index (χ3n) is 3.09. The molecule has 2 rings (SSSR count). The van der Waals surface area contributed by atoms with Crippen molar-refractivity contribution < 1.29 is 19.1 Å². The molecule has 0 saturated carbocycles. The van der Waals surface area contributed by atoms with E-state index in [9.17, 15) is 9.59 Å². The minimum absolute atomic E-state index is 0.113. The average molecular weight is 393 g/mol. The summed E-state index contributed by atoms with van der Waals surface area (Å²) in [5.41, 5.74) is 5.15. The fraction of sp³-hybridized carbons (Fsp3) is 0.176. The third-order valence-corrected chi connectivity index (χ3v) is 3.78. The summed E-state index contributed by atoms with van der Waals surface area (Å²) in [5, 5.41) is 0. The molecule has 0 fully saturated rings. The Bertz CT molecular complexity index is 704. The third kappa shape index (κ3) is 5.27. The first-order valence-corrected chi connectivity index (χ1v) is 8.00. The zero-order valence-electron chi connectivity index (χ0n) is 13.0. The van der Waals surface area contributed by atoms with Crippen LogP contribution in [0.4, 0.5) is 0 Å². The highest BCUT2D eigenvalue weighted by atomic mass is 79.9. The van der Waals surface area contributed by atoms with Crippen LogP contribution in [0.15, 0.2) is 53.0 Å². The number of carbonyl (C=O) groups is 2. The van der Waals surface area contributed by atoms with E-state index in [1.165, 1.54) is 0 Å². The second kappa shape index (κ2) is 8.93. The zero-order valence-corrected chi connectivity index (χ0v) is 14.6. The van der Waals surface area contributed by atoms with Crippen LogP contribution in [0.1, 0.15) is 16.8 Å². The van der Waals surface area contributed by atoms with Gasteiger partial charge in [-0.05, 0) is 52.3 Å². The van der Waals surface area contributed by atoms with E-state index >= 15 is 0 Å². The molecule has 2 amide bonds. The minimum Gasteiger partial charge on any atom is -0.497 e. The molecule has 0 aliphatic heterocycles. The van der Waals surface area contributed by atoms with Gasteiger partial charge in [0.25, 0.3) is 5.91 Å². The Labute approximate surface area is 148 Å². The Morgan fingerprint density at radius 2 is 1.67 bits per heavy atom. The molecule has 0 spiro atoms. The van der Waals surface area contributed by atoms with Gasteiger partial charge in [-0.15, -0.1) is 0 Å². The maximum Gasteiger partial charge on any atom is 0.270 e. The van der Waals surface area contributed by atoms with Crippen molar-refractivity contribution in [1.29, 1.82) is 0 Å². The normalized spacial score (nSPS) is 9.92. The second-order valence-corrected chi connectivity index (χ2v) is 5.61. The predicted molar refractivity (Wildman–Crippen MR) is 92.9 cm³/mol. The number of hydrogen-bond donors (Lipinski definition) is 2. The van der Waals surface area contributed by atoms with E-state index in [-0.39, 0.29) is 18.9 Å². The van der Waals surface area contributed by atoms with Crippen LogP contribution in [0, 0.1) is 0 Å². The number of methoxy groups -OCH3 is 1. The molecule has 2 N–H and O–H groups in total. The van der Waals surface area contributed by atoms with Crippen LogP contribution in [0.3, 0.4) is 0 Å². The Morgan fingerprint density at radius 3 is 2.33 bits per heavy atom. The lowest BCUT2D eigenvalue weighted by Crippen LogP contribution is -2.42. The zero-order chi connectivity index (χ0) is 17.4. The molecule has 6 nitrogen and oxygen atoms in total. The van der Waals surface area contributed by atoms with E-state index in [4.69, 9.17) is 9.47 Å². The molecule has 0 unspecified atom stereocenters. The first kappa shape index (κ1) is 17.8. The Kier molecular flexibility index (Phi) is 6.62. The summed E-state index contributed by atoms with van der Waals surface area (Å²) < 4.78 is 11.2. The van der Waals surface area contributed by atoms with E-state index in [1.807, 2.05) is 0 Å². The van der Waals surface area contributed by atoms with Gasteiger partial charge in [0, 0.05) is 4.47 Å². The molecule has 7 heteroatoms. The van der Waals surface area contributed by atoms with Gasteiger partial charge in [0.2, 0.25) is 5.91 Å². The van der Waals surface area contributed by atoms with Crippen LogP contribution < -0.4 is 20.3 Å². The fourth-order valence-electron chi connectivity index (χ4n) is 1.84. The molecule has 0 aromatic heterocycles. The van der Waals surface area contributed by atoms with Crippen LogP contribution in [0.2, 0.25) is 0 Å². The first-order chi connectivity index (χ1) is 11.6. The molecule has 126 valence electrons. The molecule has 0 heterocycles. The average Bonchev–Trinajstić information content (AvgIpc) is 2.60. The molecular formula is C17H17BrN2O4. The van der Waals surface area contributed by atoms with E-state index < -0.39 is 5.91 Å². The molecule has 24 heavy (non-hydrogen) atoms. The van der Waals surface area contributed by atoms with Gasteiger partial charge in [0.05, 0.1) is 25.7 Å². The smallest absolute Gasteiger partial charge is 0.270 e. The number of amides is 2. The Hall–Kier alpha value is -2.54. The van der Waals surface area contributed by atoms with Crippen molar-refractivity contribution in [2.24, 2.45) is 0 Å². The van der Waals surface area contributed by atoms with Gasteiger partial charge in [0.1, 0.15) is 11.5 Å². The number of rotatable bonds is 6. The molecule has 0 saturated heterocycles. The molecular weight excluding hydrogens is 376 g/mol. The van der Waals surface area contributed by atoms with Crippen LogP contribution in [0.25, 0.3) is 0 Å². The second-order valence-electron chi connectivity index (χ2n) is 4.76. The van der Waals surface area contributed by atoms with Crippen molar-refractivity contribution in [3.8, 4) is 11.5 Å². The van der Waals surface area contributed by atoms with Gasteiger partial charge in [-0.25, -0.2) is 0 Å². The van der Waals surface area contributed by atoms with Gasteiger partial charge in [0.15, 0.2) is 0 Å². The number of nitrogens with one attached hydrogen (secondary N) is 2. The van der Waals surface area contributed by atoms with E-state index in [1.54, 1.807) is 55.6 Å². The highest BCUT2D eigenvalue weighted by molar-refractivity contribution is 9.10. The quantitative estimate of drug-likeness (QED) is 0.740. The summed E-state index contributed by atoms with van der Waals surface area (Å²) >= 11 is 3.28. The van der Waals surface area contributed by atoms with Crippen LogP contribution in [0.5, 0.6) is 11.5 Å². The number of hydrogen-bond acceptors (Lipinski definition) is 4. The molecule has 0 atom stereocenters. The number of carbonyl (C=O) groups excluding carboxylic acids is 2. The molecule has 0 aliphatic rings. The number of hydrazine groups is 1. The topological polar surface area (TPSA) is 76.7 Å². The lowest BCUT2D eigenvalue weighted by molar-refractivity contribution is -0.122. The van der Waals surface area contributed by atoms with Crippen molar-refractivity contribution in [3.05, 3.63) is 58.6 Å². The van der Waals surface area contributed by atoms with Crippen LogP contribution >= 0.6 is 15.9 Å². The van der Waals surface area contributed by atoms with E-state index in [2.05, 4.69) is 26.8 Å². The monoisotopic (exact) mass is 392 g/mol. The first-order valence-electron chi connectivity index (χ1n) is 7.20. The molecule has 0 radical (unpaired) electrons. The molecule has 2 aromatic rings. The Balaban J connectivity index is 1.71. The largest absolute Gasteiger partial charge is 0.497 e. The fourth-order valence-corrected chi connectivity index (χ4v) is 2.30. The van der Waals surface area contributed by atoms with Crippen molar-refractivity contribution in [1.82, 2.24) is 10.9 Å². The van der Waals surface area contributed by atoms with Gasteiger partial charge >= 0.3 is 0 Å². The summed E-state index contributed by atoms with van der Waals surface area (Å²) in [6.07, 6.45) is 0.113. The van der Waals surface area contributed by atoms with Gasteiger partial charge < -0.3 is 9.47 Å². The predicted octanol–water partition coefficient (Wildman–Crippen LogP) is 2.69. The standard InChI is InChI=1S/C17H17BrN2O4/c1-23-12-6-8-13(9-7-12)24-11-10-16(21)19-20-17(22)14-4-2-3-5-15(14)18/h2-9H,10-11H2,1H3,(H,19,21)(H,20,22). The highest BCUT2D eigenvalue weighted by Gasteiger charge is 2.10. The van der Waals surface area contributed by atoms with Crippen molar-refractivity contribution in [2.45, 2.75) is 6.42 Å². The number of halogens is 1. The Morgan fingerprint density at radius 1 is 1.00 bits per heavy atom. The summed E-state index contributed by atoms with van der Waals surface area (Å²) in [4.78, 5) is 23.6. The lowest BCUT2D eigenvalue weighted by atomic mass is 10.2. The van der Waals surface area contributed by atoms with Crippen LogP contribution in [-0.4, -0.2) is 25.5 Å². The summed E-state index contributed by atoms with van der Waals surface area (Å²) in [6.45, 7) is 0.197. The van der Waals surface area contributed by atoms with E-state index in [0.29, 0.717) is 15.8 Å². The maximum absolute atomic E-state index is 11.9. The SMILES string of the molecule is COc1ccc(OCCC(=O)NNC(=O)c2ccccc2Br)cc1. The lowest BCUT2D eigenvalue weighted by Gasteiger charge is -2.09. The number of benzene rings is 2. The van der Waals surface area contributed by atoms with Gasteiger partial charge in [-0.1, -0.05) is 12.1 Å². The summed E-state index contributed by atoms with van der Waals surface area (Å²) in [6, 6.07) is 14.0. The minimum atomic E-state index is -0.396. The molecule has 0 bridgehead atoms. The van der Waals surface area contributed by atoms with Gasteiger partial charge in [-0.2, -0.15) is 0 Å². The maximum atomic E-state index is 11.9. The molecule has 2 aromatic carbocycles. The van der Waals surface area contributed by atoms with E-state index in [0.717, 1.165) is 5.75 Å². The van der Waals surface area contributed by atoms with Crippen molar-refractivity contribution in [3.63, 3.8) is 0 Å². The van der Waals surface area contributed by atoms with Crippen molar-refractivity contribution >= 4 is 27.7 Å².